The minimum absolute atomic E-state index is 0.0175. The molecule has 0 aliphatic rings. The van der Waals surface area contributed by atoms with Crippen molar-refractivity contribution in [2.45, 2.75) is 53.7 Å². The number of carbonyl (C=O) groups is 2. The van der Waals surface area contributed by atoms with E-state index < -0.39 is 5.41 Å². The number of ether oxygens (including phenoxy) is 1. The van der Waals surface area contributed by atoms with Gasteiger partial charge < -0.3 is 10.1 Å². The minimum atomic E-state index is -0.582. The number of esters is 1. The second kappa shape index (κ2) is 9.70. The molecule has 0 spiro atoms. The highest BCUT2D eigenvalue weighted by atomic mass is 16.5. The molecule has 7 nitrogen and oxygen atoms in total. The number of rotatable bonds is 6. The first-order valence-electron chi connectivity index (χ1n) is 9.24. The van der Waals surface area contributed by atoms with Crippen LogP contribution < -0.4 is 5.32 Å². The fourth-order valence-corrected chi connectivity index (χ4v) is 2.11. The van der Waals surface area contributed by atoms with Gasteiger partial charge in [0.2, 0.25) is 0 Å². The van der Waals surface area contributed by atoms with Gasteiger partial charge in [-0.25, -0.2) is 4.68 Å². The van der Waals surface area contributed by atoms with Gasteiger partial charge in [0.05, 0.1) is 29.1 Å². The molecule has 2 rings (SSSR count). The molecule has 0 fully saturated rings. The topological polar surface area (TPSA) is 86.1 Å². The van der Waals surface area contributed by atoms with Crippen LogP contribution in [0.25, 0.3) is 0 Å². The predicted molar refractivity (Wildman–Crippen MR) is 106 cm³/mol. The third kappa shape index (κ3) is 6.54. The van der Waals surface area contributed by atoms with Crippen LogP contribution in [-0.2, 0) is 16.3 Å². The standard InChI is InChI=1S/C21H26N4O3/c1-5-6-7-8-9-16-10-17(12-22-11-16)19(26)24-18-13-23-25(14-18)15-28-20(27)21(2,3)4/h10-14H,5-7,15H2,1-4H3,(H,24,26). The number of nitrogens with one attached hydrogen (secondary N) is 1. The average molecular weight is 382 g/mol. The number of unbranched alkanes of at least 4 members (excludes halogenated alkanes) is 2. The molecule has 28 heavy (non-hydrogen) atoms. The van der Waals surface area contributed by atoms with Crippen LogP contribution >= 0.6 is 0 Å². The third-order valence-corrected chi connectivity index (χ3v) is 3.72. The van der Waals surface area contributed by atoms with Crippen molar-refractivity contribution >= 4 is 17.6 Å². The summed E-state index contributed by atoms with van der Waals surface area (Å²) in [7, 11) is 0. The Morgan fingerprint density at radius 2 is 2.04 bits per heavy atom. The van der Waals surface area contributed by atoms with Gasteiger partial charge in [0.25, 0.3) is 5.91 Å². The number of hydrogen-bond acceptors (Lipinski definition) is 5. The summed E-state index contributed by atoms with van der Waals surface area (Å²) in [6, 6.07) is 1.71. The van der Waals surface area contributed by atoms with Gasteiger partial charge in [0.15, 0.2) is 6.73 Å². The normalized spacial score (nSPS) is 10.7. The molecule has 0 unspecified atom stereocenters. The highest BCUT2D eigenvalue weighted by Crippen LogP contribution is 2.16. The summed E-state index contributed by atoms with van der Waals surface area (Å²) in [6.07, 6.45) is 9.18. The summed E-state index contributed by atoms with van der Waals surface area (Å²) < 4.78 is 6.63. The molecule has 1 N–H and O–H groups in total. The Bertz CT molecular complexity index is 885. The van der Waals surface area contributed by atoms with Gasteiger partial charge in [0, 0.05) is 24.4 Å². The highest BCUT2D eigenvalue weighted by molar-refractivity contribution is 6.04. The molecule has 2 aromatic rings. The van der Waals surface area contributed by atoms with Crippen molar-refractivity contribution in [2.75, 3.05) is 5.32 Å². The largest absolute Gasteiger partial charge is 0.442 e. The Kier molecular flexibility index (Phi) is 7.33. The van der Waals surface area contributed by atoms with Gasteiger partial charge in [-0.15, -0.1) is 0 Å². The molecule has 2 heterocycles. The summed E-state index contributed by atoms with van der Waals surface area (Å²) in [5.41, 5.74) is 1.03. The molecule has 7 heteroatoms. The first-order chi connectivity index (χ1) is 13.3. The van der Waals surface area contributed by atoms with Crippen molar-refractivity contribution in [3.8, 4) is 11.8 Å². The summed E-state index contributed by atoms with van der Waals surface area (Å²) in [4.78, 5) is 28.3. The zero-order valence-corrected chi connectivity index (χ0v) is 16.8. The SMILES string of the molecule is CCCCC#Cc1cncc(C(=O)Nc2cnn(COC(=O)C(C)(C)C)c2)c1. The number of aromatic nitrogens is 3. The molecule has 2 aromatic heterocycles. The maximum absolute atomic E-state index is 12.4. The quantitative estimate of drug-likeness (QED) is 0.468. The van der Waals surface area contributed by atoms with Crippen molar-refractivity contribution in [1.82, 2.24) is 14.8 Å². The van der Waals surface area contributed by atoms with Gasteiger partial charge in [-0.2, -0.15) is 5.10 Å². The van der Waals surface area contributed by atoms with E-state index >= 15 is 0 Å². The Hall–Kier alpha value is -3.14. The minimum Gasteiger partial charge on any atom is -0.442 e. The average Bonchev–Trinajstić information content (AvgIpc) is 3.10. The van der Waals surface area contributed by atoms with Crippen LogP contribution in [0, 0.1) is 17.3 Å². The van der Waals surface area contributed by atoms with E-state index in [9.17, 15) is 9.59 Å². The van der Waals surface area contributed by atoms with Crippen LogP contribution in [0.3, 0.4) is 0 Å². The summed E-state index contributed by atoms with van der Waals surface area (Å²) in [5, 5.41) is 6.83. The first kappa shape index (κ1) is 21.2. The van der Waals surface area contributed by atoms with Gasteiger partial charge in [0.1, 0.15) is 0 Å². The monoisotopic (exact) mass is 382 g/mol. The predicted octanol–water partition coefficient (Wildman–Crippen LogP) is 3.62. The zero-order chi connectivity index (χ0) is 20.6. The van der Waals surface area contributed by atoms with E-state index in [1.165, 1.54) is 17.1 Å². The lowest BCUT2D eigenvalue weighted by Crippen LogP contribution is -2.24. The van der Waals surface area contributed by atoms with E-state index in [1.54, 1.807) is 39.2 Å². The number of hydrogen-bond donors (Lipinski definition) is 1. The number of carbonyl (C=O) groups excluding carboxylic acids is 2. The maximum Gasteiger partial charge on any atom is 0.313 e. The third-order valence-electron chi connectivity index (χ3n) is 3.72. The maximum atomic E-state index is 12.4. The molecule has 0 atom stereocenters. The second-order valence-corrected chi connectivity index (χ2v) is 7.40. The van der Waals surface area contributed by atoms with Crippen molar-refractivity contribution in [3.05, 3.63) is 42.0 Å². The van der Waals surface area contributed by atoms with E-state index in [4.69, 9.17) is 4.74 Å². The van der Waals surface area contributed by atoms with E-state index in [0.29, 0.717) is 16.8 Å². The van der Waals surface area contributed by atoms with Crippen LogP contribution in [-0.4, -0.2) is 26.6 Å². The highest BCUT2D eigenvalue weighted by Gasteiger charge is 2.23. The number of nitrogens with zero attached hydrogens (tertiary/aromatic N) is 3. The molecule has 148 valence electrons. The van der Waals surface area contributed by atoms with Crippen LogP contribution in [0.15, 0.2) is 30.9 Å². The molecule has 0 aromatic carbocycles. The van der Waals surface area contributed by atoms with E-state index in [-0.39, 0.29) is 18.6 Å². The van der Waals surface area contributed by atoms with Crippen LogP contribution in [0.5, 0.6) is 0 Å². The lowest BCUT2D eigenvalue weighted by molar-refractivity contribution is -0.157. The summed E-state index contributed by atoms with van der Waals surface area (Å²) in [5.74, 6) is 5.47. The second-order valence-electron chi connectivity index (χ2n) is 7.40. The van der Waals surface area contributed by atoms with Crippen molar-refractivity contribution in [3.63, 3.8) is 0 Å². The van der Waals surface area contributed by atoms with Crippen LogP contribution in [0.1, 0.15) is 62.9 Å². The van der Waals surface area contributed by atoms with Gasteiger partial charge in [-0.3, -0.25) is 14.6 Å². The van der Waals surface area contributed by atoms with Crippen molar-refractivity contribution < 1.29 is 14.3 Å². The summed E-state index contributed by atoms with van der Waals surface area (Å²) >= 11 is 0. The lowest BCUT2D eigenvalue weighted by atomic mass is 9.98. The molecular weight excluding hydrogens is 356 g/mol. The zero-order valence-electron chi connectivity index (χ0n) is 16.8. The Labute approximate surface area is 165 Å². The number of amides is 1. The molecule has 0 bridgehead atoms. The molecular formula is C21H26N4O3. The van der Waals surface area contributed by atoms with Gasteiger partial charge >= 0.3 is 5.97 Å². The molecule has 0 aliphatic carbocycles. The first-order valence-corrected chi connectivity index (χ1v) is 9.24. The lowest BCUT2D eigenvalue weighted by Gasteiger charge is -2.16. The van der Waals surface area contributed by atoms with E-state index in [2.05, 4.69) is 34.2 Å². The molecule has 0 aliphatic heterocycles. The van der Waals surface area contributed by atoms with Gasteiger partial charge in [-0.05, 0) is 33.3 Å². The smallest absolute Gasteiger partial charge is 0.313 e. The van der Waals surface area contributed by atoms with Crippen LogP contribution in [0.2, 0.25) is 0 Å². The van der Waals surface area contributed by atoms with E-state index in [1.807, 2.05) is 0 Å². The summed E-state index contributed by atoms with van der Waals surface area (Å²) in [6.45, 7) is 7.43. The van der Waals surface area contributed by atoms with E-state index in [0.717, 1.165) is 19.3 Å². The molecule has 0 saturated heterocycles. The van der Waals surface area contributed by atoms with Crippen molar-refractivity contribution in [2.24, 2.45) is 5.41 Å². The Balaban J connectivity index is 1.95. The Morgan fingerprint density at radius 1 is 1.25 bits per heavy atom. The number of anilines is 1. The van der Waals surface area contributed by atoms with Crippen LogP contribution in [0.4, 0.5) is 5.69 Å². The number of pyridine rings is 1. The molecule has 0 radical (unpaired) electrons. The fourth-order valence-electron chi connectivity index (χ4n) is 2.11. The molecule has 1 amide bonds. The molecule has 0 saturated carbocycles. The fraction of sp³-hybridized carbons (Fsp3) is 0.429. The van der Waals surface area contributed by atoms with Gasteiger partial charge in [-0.1, -0.05) is 25.2 Å². The Morgan fingerprint density at radius 3 is 2.75 bits per heavy atom. The van der Waals surface area contributed by atoms with Crippen molar-refractivity contribution in [1.29, 1.82) is 0 Å².